The van der Waals surface area contributed by atoms with Gasteiger partial charge in [-0.05, 0) is 18.2 Å². The van der Waals surface area contributed by atoms with Crippen molar-refractivity contribution in [2.75, 3.05) is 5.73 Å². The molecule has 0 saturated carbocycles. The molecule has 0 fully saturated rings. The average Bonchev–Trinajstić information content (AvgIpc) is 2.81. The molecule has 1 amide bonds. The molecule has 0 unspecified atom stereocenters. The number of aromatic nitrogens is 3. The molecule has 10 heteroatoms. The van der Waals surface area contributed by atoms with Crippen LogP contribution >= 0.6 is 0 Å². The standard InChI is InChI=1S/C11H14N6O3S/c1-17-6-14-16-10(17)5-15-21(19,20)9-3-2-7(11(13)18)4-8(9)12/h2-4,6,15H,5,12H2,1H3,(H2,13,18). The normalized spacial score (nSPS) is 11.5. The number of sulfonamides is 1. The molecule has 0 saturated heterocycles. The lowest BCUT2D eigenvalue weighted by Crippen LogP contribution is -2.25. The van der Waals surface area contributed by atoms with Crippen LogP contribution in [0.1, 0.15) is 16.2 Å². The van der Waals surface area contributed by atoms with Crippen LogP contribution in [0.4, 0.5) is 5.69 Å². The van der Waals surface area contributed by atoms with Gasteiger partial charge in [0.05, 0.1) is 12.2 Å². The van der Waals surface area contributed by atoms with Crippen LogP contribution in [0, 0.1) is 0 Å². The van der Waals surface area contributed by atoms with Crippen molar-refractivity contribution < 1.29 is 13.2 Å². The predicted octanol–water partition coefficient (Wildman–Crippen LogP) is -1.03. The summed E-state index contributed by atoms with van der Waals surface area (Å²) in [4.78, 5) is 10.9. The van der Waals surface area contributed by atoms with Crippen LogP contribution in [0.15, 0.2) is 29.4 Å². The van der Waals surface area contributed by atoms with Crippen LogP contribution in [-0.4, -0.2) is 29.1 Å². The summed E-state index contributed by atoms with van der Waals surface area (Å²) >= 11 is 0. The van der Waals surface area contributed by atoms with E-state index in [-0.39, 0.29) is 22.7 Å². The molecule has 0 atom stereocenters. The van der Waals surface area contributed by atoms with Crippen LogP contribution < -0.4 is 16.2 Å². The van der Waals surface area contributed by atoms with Crippen LogP contribution in [0.5, 0.6) is 0 Å². The summed E-state index contributed by atoms with van der Waals surface area (Å²) < 4.78 is 28.3. The van der Waals surface area contributed by atoms with Crippen LogP contribution in [0.25, 0.3) is 0 Å². The number of nitrogen functional groups attached to an aromatic ring is 1. The maximum absolute atomic E-state index is 12.2. The minimum Gasteiger partial charge on any atom is -0.398 e. The molecule has 0 radical (unpaired) electrons. The first kappa shape index (κ1) is 14.9. The largest absolute Gasteiger partial charge is 0.398 e. The van der Waals surface area contributed by atoms with Gasteiger partial charge in [-0.2, -0.15) is 0 Å². The third-order valence-corrected chi connectivity index (χ3v) is 4.28. The zero-order valence-corrected chi connectivity index (χ0v) is 12.0. The van der Waals surface area contributed by atoms with Crippen molar-refractivity contribution >= 4 is 21.6 Å². The van der Waals surface area contributed by atoms with E-state index in [1.807, 2.05) is 0 Å². The molecular formula is C11H14N6O3S. The van der Waals surface area contributed by atoms with E-state index < -0.39 is 15.9 Å². The van der Waals surface area contributed by atoms with Gasteiger partial charge in [0.15, 0.2) is 0 Å². The second-order valence-corrected chi connectivity index (χ2v) is 6.03. The van der Waals surface area contributed by atoms with Crippen molar-refractivity contribution in [2.45, 2.75) is 11.4 Å². The number of carbonyl (C=O) groups excluding carboxylic acids is 1. The Morgan fingerprint density at radius 2 is 2.14 bits per heavy atom. The third kappa shape index (κ3) is 3.17. The fourth-order valence-electron chi connectivity index (χ4n) is 1.65. The molecule has 0 aliphatic rings. The van der Waals surface area contributed by atoms with Gasteiger partial charge in [0.2, 0.25) is 15.9 Å². The number of primary amides is 1. The Morgan fingerprint density at radius 1 is 1.43 bits per heavy atom. The number of hydrogen-bond acceptors (Lipinski definition) is 6. The fourth-order valence-corrected chi connectivity index (χ4v) is 2.74. The van der Waals surface area contributed by atoms with E-state index in [0.717, 1.165) is 0 Å². The molecule has 1 heterocycles. The number of nitrogens with zero attached hydrogens (tertiary/aromatic N) is 3. The number of carbonyl (C=O) groups is 1. The molecule has 9 nitrogen and oxygen atoms in total. The van der Waals surface area contributed by atoms with E-state index in [1.54, 1.807) is 11.6 Å². The van der Waals surface area contributed by atoms with E-state index in [4.69, 9.17) is 11.5 Å². The van der Waals surface area contributed by atoms with Gasteiger partial charge in [0, 0.05) is 12.6 Å². The van der Waals surface area contributed by atoms with Gasteiger partial charge in [0.1, 0.15) is 17.0 Å². The maximum Gasteiger partial charge on any atom is 0.248 e. The molecule has 1 aromatic heterocycles. The molecule has 1 aromatic carbocycles. The highest BCUT2D eigenvalue weighted by molar-refractivity contribution is 7.89. The second-order valence-electron chi connectivity index (χ2n) is 4.30. The molecule has 0 spiro atoms. The second kappa shape index (κ2) is 5.50. The number of anilines is 1. The maximum atomic E-state index is 12.2. The lowest BCUT2D eigenvalue weighted by Gasteiger charge is -2.09. The number of benzene rings is 1. The third-order valence-electron chi connectivity index (χ3n) is 2.81. The predicted molar refractivity (Wildman–Crippen MR) is 74.4 cm³/mol. The van der Waals surface area contributed by atoms with Crippen LogP contribution in [0.3, 0.4) is 0 Å². The number of hydrogen-bond donors (Lipinski definition) is 3. The molecule has 0 bridgehead atoms. The molecule has 5 N–H and O–H groups in total. The lowest BCUT2D eigenvalue weighted by molar-refractivity contribution is 0.1000. The number of amides is 1. The minimum atomic E-state index is -3.83. The number of nitrogens with two attached hydrogens (primary N) is 2. The van der Waals surface area contributed by atoms with Gasteiger partial charge in [-0.15, -0.1) is 10.2 Å². The Bertz CT molecular complexity index is 783. The summed E-state index contributed by atoms with van der Waals surface area (Å²) in [5, 5.41) is 7.41. The number of rotatable bonds is 5. The van der Waals surface area contributed by atoms with E-state index in [2.05, 4.69) is 14.9 Å². The zero-order chi connectivity index (χ0) is 15.6. The van der Waals surface area contributed by atoms with E-state index >= 15 is 0 Å². The van der Waals surface area contributed by atoms with Crippen LogP contribution in [-0.2, 0) is 23.6 Å². The van der Waals surface area contributed by atoms with Crippen molar-refractivity contribution in [3.8, 4) is 0 Å². The molecule has 21 heavy (non-hydrogen) atoms. The Labute approximate surface area is 121 Å². The highest BCUT2D eigenvalue weighted by Crippen LogP contribution is 2.19. The molecule has 2 aromatic rings. The summed E-state index contributed by atoms with van der Waals surface area (Å²) in [5.74, 6) is -0.233. The topological polar surface area (TPSA) is 146 Å². The Kier molecular flexibility index (Phi) is 3.91. The summed E-state index contributed by atoms with van der Waals surface area (Å²) in [6.45, 7) is -0.0319. The fraction of sp³-hybridized carbons (Fsp3) is 0.182. The van der Waals surface area contributed by atoms with E-state index in [1.165, 1.54) is 24.5 Å². The van der Waals surface area contributed by atoms with Gasteiger partial charge in [-0.3, -0.25) is 4.79 Å². The van der Waals surface area contributed by atoms with Gasteiger partial charge >= 0.3 is 0 Å². The SMILES string of the molecule is Cn1cnnc1CNS(=O)(=O)c1ccc(C(N)=O)cc1N. The monoisotopic (exact) mass is 310 g/mol. The first-order valence-corrected chi connectivity index (χ1v) is 7.31. The van der Waals surface area contributed by atoms with Crippen molar-refractivity contribution in [1.29, 1.82) is 0 Å². The summed E-state index contributed by atoms with van der Waals surface area (Å²) in [5.41, 5.74) is 10.8. The Morgan fingerprint density at radius 3 is 2.67 bits per heavy atom. The summed E-state index contributed by atoms with van der Waals surface area (Å²) in [7, 11) is -2.14. The first-order valence-electron chi connectivity index (χ1n) is 5.83. The summed E-state index contributed by atoms with van der Waals surface area (Å²) in [6.07, 6.45) is 1.46. The van der Waals surface area contributed by atoms with Crippen LogP contribution in [0.2, 0.25) is 0 Å². The zero-order valence-electron chi connectivity index (χ0n) is 11.1. The Balaban J connectivity index is 2.23. The van der Waals surface area contributed by atoms with E-state index in [0.29, 0.717) is 5.82 Å². The smallest absolute Gasteiger partial charge is 0.248 e. The summed E-state index contributed by atoms with van der Waals surface area (Å²) in [6, 6.07) is 3.75. The van der Waals surface area contributed by atoms with Crippen molar-refractivity contribution in [1.82, 2.24) is 19.5 Å². The van der Waals surface area contributed by atoms with Crippen molar-refractivity contribution in [3.05, 3.63) is 35.9 Å². The molecule has 0 aliphatic carbocycles. The molecular weight excluding hydrogens is 296 g/mol. The average molecular weight is 310 g/mol. The minimum absolute atomic E-state index is 0.0319. The molecule has 2 rings (SSSR count). The highest BCUT2D eigenvalue weighted by Gasteiger charge is 2.19. The van der Waals surface area contributed by atoms with Crippen molar-refractivity contribution in [3.63, 3.8) is 0 Å². The Hall–Kier alpha value is -2.46. The van der Waals surface area contributed by atoms with Gasteiger partial charge in [-0.25, -0.2) is 13.1 Å². The molecule has 112 valence electrons. The van der Waals surface area contributed by atoms with Gasteiger partial charge in [0.25, 0.3) is 0 Å². The number of nitrogens with one attached hydrogen (secondary N) is 1. The first-order chi connectivity index (χ1) is 9.81. The van der Waals surface area contributed by atoms with Crippen molar-refractivity contribution in [2.24, 2.45) is 12.8 Å². The van der Waals surface area contributed by atoms with Gasteiger partial charge < -0.3 is 16.0 Å². The quantitative estimate of drug-likeness (QED) is 0.602. The highest BCUT2D eigenvalue weighted by atomic mass is 32.2. The molecule has 0 aliphatic heterocycles. The lowest BCUT2D eigenvalue weighted by atomic mass is 10.2. The number of aryl methyl sites for hydroxylation is 1. The van der Waals surface area contributed by atoms with E-state index in [9.17, 15) is 13.2 Å². The van der Waals surface area contributed by atoms with Gasteiger partial charge in [-0.1, -0.05) is 0 Å².